The zero-order valence-corrected chi connectivity index (χ0v) is 20.3. The van der Waals surface area contributed by atoms with Gasteiger partial charge >= 0.3 is 6.18 Å². The number of amides is 1. The summed E-state index contributed by atoms with van der Waals surface area (Å²) in [6.45, 7) is -2.14. The van der Waals surface area contributed by atoms with E-state index in [1.807, 2.05) is 0 Å². The third kappa shape index (κ3) is 5.07. The van der Waals surface area contributed by atoms with E-state index in [1.165, 1.54) is 0 Å². The lowest BCUT2D eigenvalue weighted by atomic mass is 9.88. The first-order valence-electron chi connectivity index (χ1n) is 11.1. The normalized spacial score (nSPS) is 17.6. The molecule has 1 amide bonds. The Morgan fingerprint density at radius 1 is 1.13 bits per heavy atom. The van der Waals surface area contributed by atoms with Crippen LogP contribution in [-0.2, 0) is 39.7 Å². The van der Waals surface area contributed by atoms with Crippen molar-refractivity contribution in [2.45, 2.75) is 48.4 Å². The molecule has 0 saturated heterocycles. The Morgan fingerprint density at radius 3 is 2.39 bits per heavy atom. The molecule has 0 radical (unpaired) electrons. The van der Waals surface area contributed by atoms with Crippen LogP contribution in [0, 0.1) is 5.82 Å². The number of hydrogen-bond donors (Lipinski definition) is 2. The number of alkyl halides is 4. The van der Waals surface area contributed by atoms with Gasteiger partial charge in [0.15, 0.2) is 0 Å². The Labute approximate surface area is 213 Å². The fraction of sp³-hybridized carbons (Fsp3) is 0.348. The molecule has 2 aromatic carbocycles. The van der Waals surface area contributed by atoms with Crippen LogP contribution in [0.4, 0.5) is 27.6 Å². The van der Waals surface area contributed by atoms with E-state index >= 15 is 0 Å². The number of aromatic nitrogens is 2. The van der Waals surface area contributed by atoms with Crippen LogP contribution < -0.4 is 10.0 Å². The molecule has 9 nitrogen and oxygen atoms in total. The van der Waals surface area contributed by atoms with Gasteiger partial charge in [-0.3, -0.25) is 9.10 Å². The Hall–Kier alpha value is -3.59. The second-order valence-corrected chi connectivity index (χ2v) is 10.5. The van der Waals surface area contributed by atoms with E-state index in [0.717, 1.165) is 46.8 Å². The van der Waals surface area contributed by atoms with E-state index in [9.17, 15) is 40.3 Å². The van der Waals surface area contributed by atoms with Gasteiger partial charge in [0.25, 0.3) is 10.0 Å². The van der Waals surface area contributed by atoms with E-state index in [-0.39, 0.29) is 53.6 Å². The summed E-state index contributed by atoms with van der Waals surface area (Å²) >= 11 is 0. The standard InChI is InChI=1S/C23H21F5N4O5S/c24-12-22(34,23(26,27)28)14-2-8-18-13(9-14)1-5-16(10-20-30-31-21(37-20)11-19(29)33)32(18)38(35,36)17-6-3-15(25)4-7-17/h2-4,6-9,16,34H,1,5,10-12H2,(H2,29,33)/t16-,22?/m0/s1. The molecule has 2 atom stereocenters. The van der Waals surface area contributed by atoms with Crippen molar-refractivity contribution in [1.29, 1.82) is 0 Å². The van der Waals surface area contributed by atoms with E-state index in [1.54, 1.807) is 0 Å². The minimum atomic E-state index is -5.33. The lowest BCUT2D eigenvalue weighted by molar-refractivity contribution is -0.271. The first kappa shape index (κ1) is 27.4. The van der Waals surface area contributed by atoms with Gasteiger partial charge in [0.05, 0.1) is 16.6 Å². The largest absolute Gasteiger partial charge is 0.425 e. The summed E-state index contributed by atoms with van der Waals surface area (Å²) in [5, 5.41) is 17.5. The summed E-state index contributed by atoms with van der Waals surface area (Å²) in [6.07, 6.45) is -5.67. The highest BCUT2D eigenvalue weighted by Crippen LogP contribution is 2.43. The maximum atomic E-state index is 13.7. The molecule has 0 fully saturated rings. The predicted molar refractivity (Wildman–Crippen MR) is 121 cm³/mol. The van der Waals surface area contributed by atoms with Gasteiger partial charge < -0.3 is 15.3 Å². The minimum Gasteiger partial charge on any atom is -0.425 e. The SMILES string of the molecule is NC(=O)Cc1nnc(C[C@@H]2CCc3cc(C(O)(CF)C(F)(F)F)ccc3N2S(=O)(=O)c2ccc(F)cc2)o1. The van der Waals surface area contributed by atoms with Gasteiger partial charge in [0, 0.05) is 6.42 Å². The van der Waals surface area contributed by atoms with Gasteiger partial charge in [-0.2, -0.15) is 13.2 Å². The molecule has 0 spiro atoms. The molecule has 1 aliphatic heterocycles. The van der Waals surface area contributed by atoms with Crippen molar-refractivity contribution in [2.24, 2.45) is 5.73 Å². The highest BCUT2D eigenvalue weighted by molar-refractivity contribution is 7.92. The number of nitrogens with two attached hydrogens (primary N) is 1. The van der Waals surface area contributed by atoms with Crippen LogP contribution in [-0.4, -0.2) is 48.5 Å². The molecule has 1 aromatic heterocycles. The number of aliphatic hydroxyl groups is 1. The highest BCUT2D eigenvalue weighted by Gasteiger charge is 2.55. The Bertz CT molecular complexity index is 1450. The van der Waals surface area contributed by atoms with Crippen LogP contribution in [0.25, 0.3) is 0 Å². The summed E-state index contributed by atoms with van der Waals surface area (Å²) in [4.78, 5) is 10.8. The van der Waals surface area contributed by atoms with Crippen molar-refractivity contribution in [3.8, 4) is 0 Å². The second-order valence-electron chi connectivity index (χ2n) is 8.72. The zero-order chi connectivity index (χ0) is 27.9. The quantitative estimate of drug-likeness (QED) is 0.404. The molecule has 0 aliphatic carbocycles. The Morgan fingerprint density at radius 2 is 1.79 bits per heavy atom. The van der Waals surface area contributed by atoms with Crippen molar-refractivity contribution in [3.63, 3.8) is 0 Å². The van der Waals surface area contributed by atoms with Gasteiger partial charge in [-0.05, 0) is 54.3 Å². The summed E-state index contributed by atoms with van der Waals surface area (Å²) in [5.41, 5.74) is 0.647. The number of halogens is 5. The first-order chi connectivity index (χ1) is 17.8. The number of carbonyl (C=O) groups is 1. The topological polar surface area (TPSA) is 140 Å². The average molecular weight is 561 g/mol. The predicted octanol–water partition coefficient (Wildman–Crippen LogP) is 2.71. The number of hydrogen-bond acceptors (Lipinski definition) is 7. The fourth-order valence-corrected chi connectivity index (χ4v) is 5.95. The van der Waals surface area contributed by atoms with E-state index in [2.05, 4.69) is 10.2 Å². The molecule has 2 heterocycles. The van der Waals surface area contributed by atoms with Crippen LogP contribution in [0.15, 0.2) is 51.8 Å². The number of aryl methyl sites for hydroxylation is 1. The van der Waals surface area contributed by atoms with Crippen LogP contribution in [0.2, 0.25) is 0 Å². The van der Waals surface area contributed by atoms with Crippen molar-refractivity contribution in [3.05, 3.63) is 71.2 Å². The Balaban J connectivity index is 1.79. The first-order valence-corrected chi connectivity index (χ1v) is 12.6. The molecule has 1 unspecified atom stereocenters. The average Bonchev–Trinajstić information content (AvgIpc) is 3.28. The van der Waals surface area contributed by atoms with Crippen molar-refractivity contribution < 1.29 is 44.7 Å². The van der Waals surface area contributed by atoms with Gasteiger partial charge in [-0.15, -0.1) is 10.2 Å². The molecule has 204 valence electrons. The maximum Gasteiger partial charge on any atom is 0.424 e. The summed E-state index contributed by atoms with van der Waals surface area (Å²) in [5.74, 6) is -1.52. The molecular weight excluding hydrogens is 539 g/mol. The summed E-state index contributed by atoms with van der Waals surface area (Å²) < 4.78 is 101. The van der Waals surface area contributed by atoms with Gasteiger partial charge in [-0.25, -0.2) is 17.2 Å². The molecular formula is C23H21F5N4O5S. The number of primary amides is 1. The molecule has 38 heavy (non-hydrogen) atoms. The lowest BCUT2D eigenvalue weighted by Gasteiger charge is -2.38. The van der Waals surface area contributed by atoms with Crippen molar-refractivity contribution in [2.75, 3.05) is 11.0 Å². The number of benzene rings is 2. The van der Waals surface area contributed by atoms with Crippen LogP contribution in [0.1, 0.15) is 29.3 Å². The van der Waals surface area contributed by atoms with Crippen LogP contribution >= 0.6 is 0 Å². The fourth-order valence-electron chi connectivity index (χ4n) is 4.23. The van der Waals surface area contributed by atoms with Gasteiger partial charge in [0.2, 0.25) is 23.3 Å². The molecule has 15 heteroatoms. The Kier molecular flexibility index (Phi) is 7.18. The minimum absolute atomic E-state index is 0.0189. The van der Waals surface area contributed by atoms with E-state index in [4.69, 9.17) is 10.2 Å². The number of anilines is 1. The molecule has 3 N–H and O–H groups in total. The highest BCUT2D eigenvalue weighted by atomic mass is 32.2. The van der Waals surface area contributed by atoms with Gasteiger partial charge in [-0.1, -0.05) is 12.1 Å². The molecule has 4 rings (SSSR count). The van der Waals surface area contributed by atoms with E-state index in [0.29, 0.717) is 0 Å². The molecule has 1 aliphatic rings. The van der Waals surface area contributed by atoms with Crippen LogP contribution in [0.5, 0.6) is 0 Å². The zero-order valence-electron chi connectivity index (χ0n) is 19.5. The molecule has 3 aromatic rings. The molecule has 0 bridgehead atoms. The lowest BCUT2D eigenvalue weighted by Crippen LogP contribution is -2.46. The number of nitrogens with zero attached hydrogens (tertiary/aromatic N) is 3. The molecule has 0 saturated carbocycles. The van der Waals surface area contributed by atoms with Crippen molar-refractivity contribution in [1.82, 2.24) is 10.2 Å². The van der Waals surface area contributed by atoms with Crippen LogP contribution in [0.3, 0.4) is 0 Å². The monoisotopic (exact) mass is 560 g/mol. The smallest absolute Gasteiger partial charge is 0.424 e. The second kappa shape index (κ2) is 9.94. The third-order valence-corrected chi connectivity index (χ3v) is 8.03. The number of rotatable bonds is 8. The van der Waals surface area contributed by atoms with Crippen molar-refractivity contribution >= 4 is 21.6 Å². The number of sulfonamides is 1. The summed E-state index contributed by atoms with van der Waals surface area (Å²) in [7, 11) is -4.41. The number of fused-ring (bicyclic) bond motifs is 1. The third-order valence-electron chi connectivity index (χ3n) is 6.15. The van der Waals surface area contributed by atoms with Gasteiger partial charge in [0.1, 0.15) is 18.9 Å². The van der Waals surface area contributed by atoms with E-state index < -0.39 is 51.8 Å². The number of carbonyl (C=O) groups excluding carboxylic acids is 1. The maximum absolute atomic E-state index is 13.7. The summed E-state index contributed by atoms with van der Waals surface area (Å²) in [6, 6.07) is 5.84.